The van der Waals surface area contributed by atoms with Crippen molar-refractivity contribution in [2.24, 2.45) is 5.92 Å². The first kappa shape index (κ1) is 18.2. The molecule has 2 heterocycles. The second-order valence-electron chi connectivity index (χ2n) is 7.25. The summed E-state index contributed by atoms with van der Waals surface area (Å²) < 4.78 is 2.09. The number of hydrogen-bond donors (Lipinski definition) is 1. The first-order valence-corrected chi connectivity index (χ1v) is 9.60. The summed E-state index contributed by atoms with van der Waals surface area (Å²) in [7, 11) is 0. The Bertz CT molecular complexity index is 1010. The van der Waals surface area contributed by atoms with Crippen molar-refractivity contribution < 1.29 is 14.7 Å². The molecule has 0 radical (unpaired) electrons. The maximum atomic E-state index is 12.8. The van der Waals surface area contributed by atoms with Gasteiger partial charge in [0.05, 0.1) is 17.0 Å². The number of hydrogen-bond acceptors (Lipinski definition) is 3. The van der Waals surface area contributed by atoms with Crippen LogP contribution in [0, 0.1) is 5.92 Å². The molecule has 1 amide bonds. The van der Waals surface area contributed by atoms with E-state index in [9.17, 15) is 14.7 Å². The fraction of sp³-hybridized carbons (Fsp3) is 0.318. The van der Waals surface area contributed by atoms with Gasteiger partial charge in [0.25, 0.3) is 0 Å². The summed E-state index contributed by atoms with van der Waals surface area (Å²) in [5.41, 5.74) is 2.92. The Morgan fingerprint density at radius 3 is 2.54 bits per heavy atom. The van der Waals surface area contributed by atoms with Gasteiger partial charge in [0.2, 0.25) is 5.91 Å². The van der Waals surface area contributed by atoms with Crippen LogP contribution in [0.15, 0.2) is 54.6 Å². The fourth-order valence-electron chi connectivity index (χ4n) is 4.09. The number of fused-ring (bicyclic) bond motifs is 1. The number of carbonyl (C=O) groups is 2. The van der Waals surface area contributed by atoms with Crippen molar-refractivity contribution in [2.45, 2.75) is 32.2 Å². The Morgan fingerprint density at radius 2 is 1.82 bits per heavy atom. The Morgan fingerprint density at radius 1 is 1.11 bits per heavy atom. The predicted octanol–water partition coefficient (Wildman–Crippen LogP) is 3.28. The zero-order chi connectivity index (χ0) is 19.7. The van der Waals surface area contributed by atoms with Crippen molar-refractivity contribution in [3.63, 3.8) is 0 Å². The van der Waals surface area contributed by atoms with E-state index in [1.165, 1.54) is 0 Å². The smallest absolute Gasteiger partial charge is 0.308 e. The number of benzene rings is 2. The molecule has 144 valence electrons. The van der Waals surface area contributed by atoms with Gasteiger partial charge in [-0.15, -0.1) is 0 Å². The zero-order valence-corrected chi connectivity index (χ0v) is 15.8. The Labute approximate surface area is 163 Å². The van der Waals surface area contributed by atoms with Crippen molar-refractivity contribution in [1.82, 2.24) is 14.5 Å². The Balaban J connectivity index is 1.57. The number of para-hydroxylation sites is 3. The number of aliphatic carboxylic acids is 1. The van der Waals surface area contributed by atoms with Gasteiger partial charge in [0.15, 0.2) is 0 Å². The first-order chi connectivity index (χ1) is 13.6. The molecule has 1 fully saturated rings. The van der Waals surface area contributed by atoms with Crippen LogP contribution in [0.3, 0.4) is 0 Å². The van der Waals surface area contributed by atoms with E-state index in [1.807, 2.05) is 61.5 Å². The summed E-state index contributed by atoms with van der Waals surface area (Å²) in [5, 5.41) is 9.28. The molecule has 4 rings (SSSR count). The number of rotatable bonds is 5. The van der Waals surface area contributed by atoms with Gasteiger partial charge in [-0.05, 0) is 37.6 Å². The van der Waals surface area contributed by atoms with Gasteiger partial charge in [0, 0.05) is 31.1 Å². The molecule has 2 aromatic carbocycles. The van der Waals surface area contributed by atoms with Gasteiger partial charge in [-0.2, -0.15) is 0 Å². The number of carboxylic acids is 1. The third-order valence-electron chi connectivity index (χ3n) is 5.60. The highest BCUT2D eigenvalue weighted by molar-refractivity contribution is 5.81. The number of nitrogens with zero attached hydrogens (tertiary/aromatic N) is 3. The molecule has 1 aromatic heterocycles. The van der Waals surface area contributed by atoms with Gasteiger partial charge < -0.3 is 10.0 Å². The molecule has 1 saturated heterocycles. The van der Waals surface area contributed by atoms with E-state index in [1.54, 1.807) is 4.90 Å². The van der Waals surface area contributed by atoms with Crippen LogP contribution < -0.4 is 0 Å². The molecule has 2 atom stereocenters. The average molecular weight is 377 g/mol. The van der Waals surface area contributed by atoms with E-state index in [2.05, 4.69) is 4.57 Å². The molecule has 2 unspecified atom stereocenters. The summed E-state index contributed by atoms with van der Waals surface area (Å²) in [6, 6.07) is 17.7. The Hall–Kier alpha value is -3.15. The maximum absolute atomic E-state index is 12.8. The molecular weight excluding hydrogens is 354 g/mol. The van der Waals surface area contributed by atoms with E-state index in [4.69, 9.17) is 4.98 Å². The monoisotopic (exact) mass is 377 g/mol. The number of carbonyl (C=O) groups excluding carboxylic acids is 1. The quantitative estimate of drug-likeness (QED) is 0.740. The molecule has 0 spiro atoms. The fourth-order valence-corrected chi connectivity index (χ4v) is 4.09. The standard InChI is InChI=1S/C22H23N3O3/c1-15-17(22(27)28)13-14-24(15)21(26)12-11-20-23-18-9-5-6-10-19(18)25(20)16-7-3-2-4-8-16/h2-10,15,17H,11-14H2,1H3,(H,27,28). The van der Waals surface area contributed by atoms with Crippen LogP contribution in [-0.4, -0.2) is 44.0 Å². The molecule has 0 aliphatic carbocycles. The third kappa shape index (κ3) is 3.26. The molecule has 1 aliphatic heterocycles. The molecule has 28 heavy (non-hydrogen) atoms. The topological polar surface area (TPSA) is 75.4 Å². The third-order valence-corrected chi connectivity index (χ3v) is 5.60. The minimum Gasteiger partial charge on any atom is -0.481 e. The number of amides is 1. The zero-order valence-electron chi connectivity index (χ0n) is 15.8. The van der Waals surface area contributed by atoms with Crippen LogP contribution in [0.5, 0.6) is 0 Å². The number of aryl methyl sites for hydroxylation is 1. The van der Waals surface area contributed by atoms with Crippen LogP contribution in [-0.2, 0) is 16.0 Å². The molecular formula is C22H23N3O3. The summed E-state index contributed by atoms with van der Waals surface area (Å²) in [6.07, 6.45) is 1.33. The number of likely N-dealkylation sites (tertiary alicyclic amines) is 1. The van der Waals surface area contributed by atoms with E-state index in [0.29, 0.717) is 25.8 Å². The normalized spacial score (nSPS) is 19.2. The lowest BCUT2D eigenvalue weighted by Crippen LogP contribution is -2.37. The number of aromatic nitrogens is 2. The SMILES string of the molecule is CC1C(C(=O)O)CCN1C(=O)CCc1nc2ccccc2n1-c1ccccc1. The van der Waals surface area contributed by atoms with E-state index in [-0.39, 0.29) is 11.9 Å². The molecule has 1 aliphatic rings. The van der Waals surface area contributed by atoms with Crippen LogP contribution in [0.25, 0.3) is 16.7 Å². The molecule has 0 saturated carbocycles. The summed E-state index contributed by atoms with van der Waals surface area (Å²) in [6.45, 7) is 2.33. The largest absolute Gasteiger partial charge is 0.481 e. The van der Waals surface area contributed by atoms with E-state index < -0.39 is 11.9 Å². The summed E-state index contributed by atoms with van der Waals surface area (Å²) in [4.78, 5) is 30.5. The molecule has 6 nitrogen and oxygen atoms in total. The lowest BCUT2D eigenvalue weighted by molar-refractivity contribution is -0.143. The molecule has 1 N–H and O–H groups in total. The van der Waals surface area contributed by atoms with Gasteiger partial charge in [-0.3, -0.25) is 14.2 Å². The minimum atomic E-state index is -0.825. The van der Waals surface area contributed by atoms with Gasteiger partial charge in [0.1, 0.15) is 5.82 Å². The van der Waals surface area contributed by atoms with Crippen molar-refractivity contribution in [2.75, 3.05) is 6.54 Å². The van der Waals surface area contributed by atoms with Crippen molar-refractivity contribution in [1.29, 1.82) is 0 Å². The summed E-state index contributed by atoms with van der Waals surface area (Å²) in [5.74, 6) is -0.475. The highest BCUT2D eigenvalue weighted by atomic mass is 16.4. The number of carboxylic acid groups (broad SMARTS) is 1. The predicted molar refractivity (Wildman–Crippen MR) is 106 cm³/mol. The highest BCUT2D eigenvalue weighted by Crippen LogP contribution is 2.26. The highest BCUT2D eigenvalue weighted by Gasteiger charge is 2.37. The van der Waals surface area contributed by atoms with Crippen LogP contribution in [0.4, 0.5) is 0 Å². The van der Waals surface area contributed by atoms with Gasteiger partial charge in [-0.1, -0.05) is 30.3 Å². The van der Waals surface area contributed by atoms with Crippen LogP contribution in [0.2, 0.25) is 0 Å². The van der Waals surface area contributed by atoms with E-state index >= 15 is 0 Å². The van der Waals surface area contributed by atoms with Crippen molar-refractivity contribution in [3.05, 3.63) is 60.4 Å². The van der Waals surface area contributed by atoms with E-state index in [0.717, 1.165) is 22.5 Å². The Kier molecular flexibility index (Phi) is 4.86. The van der Waals surface area contributed by atoms with Gasteiger partial charge in [-0.25, -0.2) is 4.98 Å². The molecule has 3 aromatic rings. The average Bonchev–Trinajstić information content (AvgIpc) is 3.27. The van der Waals surface area contributed by atoms with Crippen LogP contribution >= 0.6 is 0 Å². The van der Waals surface area contributed by atoms with Crippen molar-refractivity contribution >= 4 is 22.9 Å². The first-order valence-electron chi connectivity index (χ1n) is 9.60. The van der Waals surface area contributed by atoms with Crippen LogP contribution in [0.1, 0.15) is 25.6 Å². The van der Waals surface area contributed by atoms with Crippen molar-refractivity contribution in [3.8, 4) is 5.69 Å². The second kappa shape index (κ2) is 7.46. The minimum absolute atomic E-state index is 0.0112. The molecule has 0 bridgehead atoms. The maximum Gasteiger partial charge on any atom is 0.308 e. The van der Waals surface area contributed by atoms with Gasteiger partial charge >= 0.3 is 5.97 Å². The number of imidazole rings is 1. The molecule has 6 heteroatoms. The summed E-state index contributed by atoms with van der Waals surface area (Å²) >= 11 is 0. The second-order valence-corrected chi connectivity index (χ2v) is 7.25. The lowest BCUT2D eigenvalue weighted by atomic mass is 10.0. The lowest BCUT2D eigenvalue weighted by Gasteiger charge is -2.23.